The largest absolute Gasteiger partial charge is 0.490 e. The van der Waals surface area contributed by atoms with Crippen molar-refractivity contribution < 1.29 is 18.9 Å². The van der Waals surface area contributed by atoms with Crippen molar-refractivity contribution in [1.29, 1.82) is 0 Å². The third-order valence-electron chi connectivity index (χ3n) is 5.51. The molecule has 8 nitrogen and oxygen atoms in total. The van der Waals surface area contributed by atoms with E-state index in [1.54, 1.807) is 0 Å². The standard InChI is InChI=1S/C26H27N3O5S/c1-4-31-21-13-17(9-10-19(21)32-12-11-16(2)3)14-23-25(30)29-26(35-23)27-24(28-29)22-15-33-18-7-5-6-8-20(18)34-22/h5-10,13-14,16,22H,4,11-12,15H2,1-3H3/b23-14-/t22-/m0/s1. The third-order valence-corrected chi connectivity index (χ3v) is 6.47. The lowest BCUT2D eigenvalue weighted by molar-refractivity contribution is 0.0852. The Bertz CT molecular complexity index is 1450. The number of aromatic nitrogens is 3. The molecule has 0 unspecified atom stereocenters. The highest BCUT2D eigenvalue weighted by molar-refractivity contribution is 7.15. The summed E-state index contributed by atoms with van der Waals surface area (Å²) in [6.07, 6.45) is 2.31. The second-order valence-electron chi connectivity index (χ2n) is 8.61. The van der Waals surface area contributed by atoms with Crippen LogP contribution in [0.4, 0.5) is 0 Å². The summed E-state index contributed by atoms with van der Waals surface area (Å²) in [5.41, 5.74) is 0.614. The van der Waals surface area contributed by atoms with Crippen molar-refractivity contribution in [3.05, 3.63) is 68.7 Å². The maximum atomic E-state index is 13.0. The molecule has 0 saturated carbocycles. The summed E-state index contributed by atoms with van der Waals surface area (Å²) in [5, 5.41) is 4.41. The van der Waals surface area contributed by atoms with E-state index in [0.29, 0.717) is 57.4 Å². The zero-order chi connectivity index (χ0) is 24.4. The second kappa shape index (κ2) is 9.95. The van der Waals surface area contributed by atoms with E-state index >= 15 is 0 Å². The summed E-state index contributed by atoms with van der Waals surface area (Å²) < 4.78 is 25.3. The van der Waals surface area contributed by atoms with Gasteiger partial charge in [0, 0.05) is 0 Å². The minimum absolute atomic E-state index is 0.226. The Hall–Kier alpha value is -3.59. The van der Waals surface area contributed by atoms with E-state index in [2.05, 4.69) is 23.9 Å². The lowest BCUT2D eigenvalue weighted by Crippen LogP contribution is -2.26. The van der Waals surface area contributed by atoms with E-state index in [0.717, 1.165) is 12.0 Å². The molecule has 9 heteroatoms. The number of benzene rings is 2. The summed E-state index contributed by atoms with van der Waals surface area (Å²) in [6, 6.07) is 13.1. The first-order chi connectivity index (χ1) is 17.0. The maximum Gasteiger partial charge on any atom is 0.291 e. The van der Waals surface area contributed by atoms with Crippen molar-refractivity contribution in [3.63, 3.8) is 0 Å². The van der Waals surface area contributed by atoms with E-state index in [1.165, 1.54) is 15.9 Å². The number of ether oxygens (including phenoxy) is 4. The van der Waals surface area contributed by atoms with Crippen molar-refractivity contribution in [2.24, 2.45) is 5.92 Å². The highest BCUT2D eigenvalue weighted by atomic mass is 32.1. The van der Waals surface area contributed by atoms with Gasteiger partial charge in [-0.05, 0) is 55.2 Å². The van der Waals surface area contributed by atoms with Crippen molar-refractivity contribution >= 4 is 22.4 Å². The Kier molecular flexibility index (Phi) is 6.59. The van der Waals surface area contributed by atoms with Crippen LogP contribution in [0.1, 0.15) is 44.7 Å². The average molecular weight is 494 g/mol. The monoisotopic (exact) mass is 493 g/mol. The fraction of sp³-hybridized carbons (Fsp3) is 0.346. The normalized spacial score (nSPS) is 15.7. The SMILES string of the molecule is CCOc1cc(/C=c2\sc3nc([C@@H]4COc5ccccc5O4)nn3c2=O)ccc1OCCC(C)C. The molecule has 182 valence electrons. The molecule has 0 saturated heterocycles. The van der Waals surface area contributed by atoms with Gasteiger partial charge in [-0.3, -0.25) is 4.79 Å². The zero-order valence-electron chi connectivity index (χ0n) is 19.9. The Morgan fingerprint density at radius 2 is 2.00 bits per heavy atom. The summed E-state index contributed by atoms with van der Waals surface area (Å²) in [4.78, 5) is 18.1. The minimum atomic E-state index is -0.471. The molecule has 0 amide bonds. The van der Waals surface area contributed by atoms with Gasteiger partial charge in [-0.15, -0.1) is 5.10 Å². The van der Waals surface area contributed by atoms with E-state index in [1.807, 2.05) is 55.5 Å². The van der Waals surface area contributed by atoms with Gasteiger partial charge in [0.15, 0.2) is 34.9 Å². The predicted octanol–water partition coefficient (Wildman–Crippen LogP) is 4.03. The average Bonchev–Trinajstić information content (AvgIpc) is 3.39. The van der Waals surface area contributed by atoms with Crippen LogP contribution in [0.3, 0.4) is 0 Å². The molecular weight excluding hydrogens is 466 g/mol. The second-order valence-corrected chi connectivity index (χ2v) is 9.62. The summed E-state index contributed by atoms with van der Waals surface area (Å²) in [7, 11) is 0. The smallest absolute Gasteiger partial charge is 0.291 e. The van der Waals surface area contributed by atoms with Crippen molar-refractivity contribution in [3.8, 4) is 23.0 Å². The molecule has 0 N–H and O–H groups in total. The molecule has 4 aromatic rings. The minimum Gasteiger partial charge on any atom is -0.490 e. The number of fused-ring (bicyclic) bond motifs is 2. The van der Waals surface area contributed by atoms with Crippen molar-refractivity contribution in [2.45, 2.75) is 33.3 Å². The number of thiazole rings is 1. The molecular formula is C26H27N3O5S. The Morgan fingerprint density at radius 3 is 2.77 bits per heavy atom. The number of para-hydroxylation sites is 2. The molecule has 1 atom stereocenters. The fourth-order valence-corrected chi connectivity index (χ4v) is 4.60. The van der Waals surface area contributed by atoms with Crippen LogP contribution in [0.2, 0.25) is 0 Å². The van der Waals surface area contributed by atoms with Crippen LogP contribution >= 0.6 is 11.3 Å². The highest BCUT2D eigenvalue weighted by Crippen LogP contribution is 2.35. The van der Waals surface area contributed by atoms with Gasteiger partial charge < -0.3 is 18.9 Å². The first-order valence-corrected chi connectivity index (χ1v) is 12.5. The van der Waals surface area contributed by atoms with E-state index in [-0.39, 0.29) is 12.2 Å². The van der Waals surface area contributed by atoms with Gasteiger partial charge in [-0.25, -0.2) is 0 Å². The maximum absolute atomic E-state index is 13.0. The topological polar surface area (TPSA) is 84.2 Å². The molecule has 5 rings (SSSR count). The Labute approximate surface area is 206 Å². The number of nitrogens with zero attached hydrogens (tertiary/aromatic N) is 3. The Morgan fingerprint density at radius 1 is 1.17 bits per heavy atom. The summed E-state index contributed by atoms with van der Waals surface area (Å²) >= 11 is 1.28. The molecule has 0 spiro atoms. The van der Waals surface area contributed by atoms with E-state index in [4.69, 9.17) is 18.9 Å². The van der Waals surface area contributed by atoms with Gasteiger partial charge in [-0.1, -0.05) is 43.4 Å². The van der Waals surface area contributed by atoms with E-state index < -0.39 is 6.10 Å². The van der Waals surface area contributed by atoms with Gasteiger partial charge in [0.2, 0.25) is 4.96 Å². The van der Waals surface area contributed by atoms with Crippen LogP contribution in [-0.4, -0.2) is 34.4 Å². The molecule has 1 aliphatic rings. The van der Waals surface area contributed by atoms with Crippen LogP contribution in [0.15, 0.2) is 47.3 Å². The number of hydrogen-bond acceptors (Lipinski definition) is 8. The van der Waals surface area contributed by atoms with Gasteiger partial charge in [0.05, 0.1) is 17.7 Å². The first kappa shape index (κ1) is 23.2. The predicted molar refractivity (Wildman–Crippen MR) is 134 cm³/mol. The van der Waals surface area contributed by atoms with Crippen LogP contribution in [0.5, 0.6) is 23.0 Å². The summed E-state index contributed by atoms with van der Waals surface area (Å²) in [6.45, 7) is 7.69. The van der Waals surface area contributed by atoms with Gasteiger partial charge in [0.25, 0.3) is 5.56 Å². The molecule has 35 heavy (non-hydrogen) atoms. The third kappa shape index (κ3) is 4.95. The van der Waals surface area contributed by atoms with Crippen LogP contribution in [0.25, 0.3) is 11.0 Å². The van der Waals surface area contributed by atoms with Crippen LogP contribution in [0, 0.1) is 5.92 Å². The molecule has 0 aliphatic carbocycles. The molecule has 2 aromatic carbocycles. The van der Waals surface area contributed by atoms with Gasteiger partial charge in [-0.2, -0.15) is 9.50 Å². The zero-order valence-corrected chi connectivity index (χ0v) is 20.7. The lowest BCUT2D eigenvalue weighted by atomic mass is 10.1. The lowest BCUT2D eigenvalue weighted by Gasteiger charge is -2.24. The van der Waals surface area contributed by atoms with Gasteiger partial charge in [0.1, 0.15) is 6.61 Å². The van der Waals surface area contributed by atoms with Crippen LogP contribution < -0.4 is 29.0 Å². The Balaban J connectivity index is 1.39. The summed E-state index contributed by atoms with van der Waals surface area (Å²) in [5.74, 6) is 3.68. The quantitative estimate of drug-likeness (QED) is 0.366. The molecule has 1 aliphatic heterocycles. The molecule has 3 heterocycles. The molecule has 2 aromatic heterocycles. The van der Waals surface area contributed by atoms with Gasteiger partial charge >= 0.3 is 0 Å². The first-order valence-electron chi connectivity index (χ1n) is 11.7. The van der Waals surface area contributed by atoms with E-state index in [9.17, 15) is 4.79 Å². The molecule has 0 bridgehead atoms. The van der Waals surface area contributed by atoms with Crippen LogP contribution in [-0.2, 0) is 0 Å². The molecule has 0 fully saturated rings. The number of rotatable bonds is 8. The highest BCUT2D eigenvalue weighted by Gasteiger charge is 2.27. The van der Waals surface area contributed by atoms with Crippen molar-refractivity contribution in [1.82, 2.24) is 14.6 Å². The fourth-order valence-electron chi connectivity index (χ4n) is 3.69. The molecule has 0 radical (unpaired) electrons. The number of hydrogen-bond donors (Lipinski definition) is 0. The van der Waals surface area contributed by atoms with Crippen molar-refractivity contribution in [2.75, 3.05) is 19.8 Å².